The lowest BCUT2D eigenvalue weighted by Crippen LogP contribution is -2.61. The summed E-state index contributed by atoms with van der Waals surface area (Å²) in [5.41, 5.74) is -4.84. The number of hydrogen-bond donors (Lipinski definition) is 5. The van der Waals surface area contributed by atoms with Crippen molar-refractivity contribution in [3.05, 3.63) is 0 Å². The number of aliphatic hydroxyl groups excluding tert-OH is 3. The minimum absolute atomic E-state index is 0.0936. The predicted octanol–water partition coefficient (Wildman–Crippen LogP) is 1.79. The zero-order valence-electron chi connectivity index (χ0n) is 32.9. The summed E-state index contributed by atoms with van der Waals surface area (Å²) in [6.45, 7) is 16.3. The molecular formula is C37H67NO13. The number of cyclic esters (lactones) is 1. The highest BCUT2D eigenvalue weighted by Gasteiger charge is 2.53. The molecule has 3 aliphatic rings. The topological polar surface area (TPSA) is 194 Å². The monoisotopic (exact) mass is 733 g/mol. The van der Waals surface area contributed by atoms with E-state index in [0.29, 0.717) is 6.42 Å². The number of methoxy groups -OCH3 is 1. The maximum absolute atomic E-state index is 14.1. The van der Waals surface area contributed by atoms with Gasteiger partial charge in [0.25, 0.3) is 0 Å². The average Bonchev–Trinajstić information content (AvgIpc) is 3.05. The number of ketones is 1. The zero-order valence-corrected chi connectivity index (χ0v) is 32.9. The van der Waals surface area contributed by atoms with E-state index in [4.69, 9.17) is 28.4 Å². The molecule has 0 radical (unpaired) electrons. The molecule has 0 aromatic heterocycles. The molecule has 3 heterocycles. The Labute approximate surface area is 304 Å². The molecule has 14 heteroatoms. The second-order valence-electron chi connectivity index (χ2n) is 16.5. The third kappa shape index (κ3) is 9.51. The van der Waals surface area contributed by atoms with Gasteiger partial charge in [0.2, 0.25) is 0 Å². The molecule has 3 rings (SSSR count). The Kier molecular flexibility index (Phi) is 14.7. The van der Waals surface area contributed by atoms with Gasteiger partial charge in [0.15, 0.2) is 12.6 Å². The number of esters is 1. The van der Waals surface area contributed by atoms with Crippen molar-refractivity contribution in [1.82, 2.24) is 4.90 Å². The lowest BCUT2D eigenvalue weighted by atomic mass is 9.74. The van der Waals surface area contributed by atoms with Crippen molar-refractivity contribution in [3.8, 4) is 0 Å². The third-order valence-electron chi connectivity index (χ3n) is 11.8. The molecule has 5 N–H and O–H groups in total. The van der Waals surface area contributed by atoms with Crippen molar-refractivity contribution in [2.24, 2.45) is 23.7 Å². The van der Waals surface area contributed by atoms with Gasteiger partial charge in [-0.25, -0.2) is 0 Å². The van der Waals surface area contributed by atoms with Gasteiger partial charge in [0.05, 0.1) is 47.6 Å². The number of carbonyl (C=O) groups excluding carboxylic acids is 2. The first kappa shape index (κ1) is 44.1. The molecule has 0 aliphatic carbocycles. The molecule has 3 saturated heterocycles. The SMILES string of the molecule is CC[C@H]1OC(=O)[C@H](C)[C@@H](OC2C[C@@](C)(OC)C(O)[C@@H](C)O2)[C@H](C)[C@@H](O[C@@H]2O[C@H](C)CC(N(C)C)C2O)[C@](C)(O)C[C@@H](C)C(=O)[C@H](C)[C@@H](O)[C@]1(C)O. The Bertz CT molecular complexity index is 1170. The Morgan fingerprint density at radius 2 is 1.49 bits per heavy atom. The van der Waals surface area contributed by atoms with Gasteiger partial charge in [0, 0.05) is 37.3 Å². The summed E-state index contributed by atoms with van der Waals surface area (Å²) < 4.78 is 37.1. The first-order chi connectivity index (χ1) is 23.4. The standard InChI is InChI=1S/C37H67NO13/c1-14-25-37(10,45)30(41)20(4)27(39)18(2)16-35(8,44)32(51-34-28(40)24(38(11)12)15-19(3)47-34)21(5)29(22(6)33(43)49-25)50-26-17-36(9,46-13)31(42)23(7)48-26/h18-26,28-32,34,40-42,44-45H,14-17H2,1-13H3/t18-,19-,20+,21+,22-,23-,24?,25-,26?,28?,29+,30-,31?,32-,34+,35-,36-,37-/m1/s1. The van der Waals surface area contributed by atoms with Gasteiger partial charge in [-0.15, -0.1) is 0 Å². The van der Waals surface area contributed by atoms with Crippen molar-refractivity contribution in [3.63, 3.8) is 0 Å². The van der Waals surface area contributed by atoms with Crippen molar-refractivity contribution < 1.29 is 63.5 Å². The van der Waals surface area contributed by atoms with E-state index in [1.165, 1.54) is 27.9 Å². The molecule has 3 aliphatic heterocycles. The molecule has 0 amide bonds. The molecule has 4 unspecified atom stereocenters. The molecule has 0 spiro atoms. The Morgan fingerprint density at radius 1 is 0.882 bits per heavy atom. The summed E-state index contributed by atoms with van der Waals surface area (Å²) >= 11 is 0. The van der Waals surface area contributed by atoms with Crippen LogP contribution < -0.4 is 0 Å². The first-order valence-electron chi connectivity index (χ1n) is 18.5. The van der Waals surface area contributed by atoms with E-state index in [0.717, 1.165) is 0 Å². The van der Waals surface area contributed by atoms with E-state index in [9.17, 15) is 35.1 Å². The van der Waals surface area contributed by atoms with Crippen LogP contribution in [0.4, 0.5) is 0 Å². The van der Waals surface area contributed by atoms with Gasteiger partial charge in [-0.05, 0) is 74.9 Å². The zero-order chi connectivity index (χ0) is 39.0. The number of carbonyl (C=O) groups is 2. The predicted molar refractivity (Wildman–Crippen MR) is 186 cm³/mol. The Balaban J connectivity index is 2.18. The van der Waals surface area contributed by atoms with Crippen LogP contribution in [0.5, 0.6) is 0 Å². The van der Waals surface area contributed by atoms with Gasteiger partial charge < -0.3 is 58.9 Å². The highest BCUT2D eigenvalue weighted by Crippen LogP contribution is 2.40. The number of aliphatic hydroxyl groups is 5. The molecular weight excluding hydrogens is 666 g/mol. The van der Waals surface area contributed by atoms with Crippen molar-refractivity contribution in [1.29, 1.82) is 0 Å². The summed E-state index contributed by atoms with van der Waals surface area (Å²) in [5.74, 6) is -4.98. The van der Waals surface area contributed by atoms with Gasteiger partial charge >= 0.3 is 5.97 Å². The van der Waals surface area contributed by atoms with Crippen LogP contribution in [-0.4, -0.2) is 148 Å². The second-order valence-corrected chi connectivity index (χ2v) is 16.5. The number of rotatable bonds is 7. The summed E-state index contributed by atoms with van der Waals surface area (Å²) in [4.78, 5) is 29.8. The number of hydrogen-bond acceptors (Lipinski definition) is 14. The molecule has 0 aromatic carbocycles. The molecule has 0 aromatic rings. The van der Waals surface area contributed by atoms with E-state index in [-0.39, 0.29) is 31.4 Å². The van der Waals surface area contributed by atoms with Gasteiger partial charge in [-0.1, -0.05) is 27.7 Å². The third-order valence-corrected chi connectivity index (χ3v) is 11.8. The van der Waals surface area contributed by atoms with Crippen molar-refractivity contribution >= 4 is 11.8 Å². The highest BCUT2D eigenvalue weighted by atomic mass is 16.7. The Morgan fingerprint density at radius 3 is 2.04 bits per heavy atom. The number of Topliss-reactive ketones (excluding diaryl/α,β-unsaturated/α-hetero) is 1. The molecule has 0 bridgehead atoms. The summed E-state index contributed by atoms with van der Waals surface area (Å²) in [6.07, 6.45) is -9.71. The van der Waals surface area contributed by atoms with Crippen LogP contribution in [0.3, 0.4) is 0 Å². The maximum atomic E-state index is 14.1. The van der Waals surface area contributed by atoms with Gasteiger partial charge in [-0.3, -0.25) is 9.59 Å². The summed E-state index contributed by atoms with van der Waals surface area (Å²) in [6, 6.07) is -0.324. The van der Waals surface area contributed by atoms with Crippen LogP contribution >= 0.6 is 0 Å². The van der Waals surface area contributed by atoms with E-state index < -0.39 is 108 Å². The van der Waals surface area contributed by atoms with E-state index in [1.54, 1.807) is 41.5 Å². The van der Waals surface area contributed by atoms with Crippen LogP contribution in [0, 0.1) is 23.7 Å². The average molecular weight is 734 g/mol. The van der Waals surface area contributed by atoms with Gasteiger partial charge in [0.1, 0.15) is 29.7 Å². The Hall–Kier alpha value is -1.30. The van der Waals surface area contributed by atoms with Crippen LogP contribution in [0.2, 0.25) is 0 Å². The molecule has 3 fully saturated rings. The van der Waals surface area contributed by atoms with E-state index >= 15 is 0 Å². The molecule has 0 saturated carbocycles. The van der Waals surface area contributed by atoms with Crippen LogP contribution in [0.15, 0.2) is 0 Å². The second kappa shape index (κ2) is 17.0. The number of ether oxygens (including phenoxy) is 6. The quantitative estimate of drug-likeness (QED) is 0.238. The van der Waals surface area contributed by atoms with Crippen molar-refractivity contribution in [2.45, 2.75) is 179 Å². The smallest absolute Gasteiger partial charge is 0.311 e. The highest BCUT2D eigenvalue weighted by molar-refractivity contribution is 5.83. The normalized spacial score (nSPS) is 49.7. The maximum Gasteiger partial charge on any atom is 0.311 e. The lowest BCUT2D eigenvalue weighted by Gasteiger charge is -2.49. The van der Waals surface area contributed by atoms with Gasteiger partial charge in [-0.2, -0.15) is 0 Å². The minimum atomic E-state index is -1.99. The number of likely N-dealkylation sites (N-methyl/N-ethyl adjacent to an activating group) is 1. The fourth-order valence-electron chi connectivity index (χ4n) is 8.41. The van der Waals surface area contributed by atoms with Crippen LogP contribution in [0.25, 0.3) is 0 Å². The largest absolute Gasteiger partial charge is 0.459 e. The van der Waals surface area contributed by atoms with E-state index in [1.807, 2.05) is 25.9 Å². The fourth-order valence-corrected chi connectivity index (χ4v) is 8.41. The molecule has 14 nitrogen and oxygen atoms in total. The van der Waals surface area contributed by atoms with E-state index in [2.05, 4.69) is 0 Å². The molecule has 51 heavy (non-hydrogen) atoms. The number of nitrogens with zero attached hydrogens (tertiary/aromatic N) is 1. The first-order valence-corrected chi connectivity index (χ1v) is 18.5. The summed E-state index contributed by atoms with van der Waals surface area (Å²) in [5, 5.41) is 57.6. The van der Waals surface area contributed by atoms with Crippen molar-refractivity contribution in [2.75, 3.05) is 21.2 Å². The van der Waals surface area contributed by atoms with Crippen LogP contribution in [0.1, 0.15) is 94.9 Å². The molecule has 18 atom stereocenters. The van der Waals surface area contributed by atoms with Crippen LogP contribution in [-0.2, 0) is 38.0 Å². The fraction of sp³-hybridized carbons (Fsp3) is 0.946. The summed E-state index contributed by atoms with van der Waals surface area (Å²) in [7, 11) is 5.18. The lowest BCUT2D eigenvalue weighted by molar-refractivity contribution is -0.318. The molecule has 298 valence electrons. The minimum Gasteiger partial charge on any atom is -0.459 e.